The SMILES string of the molecule is O=C(O)c1ccc(N(CCO)CC(F)(F)F)cc1. The number of carboxylic acids is 1. The Kier molecular flexibility index (Phi) is 4.55. The van der Waals surface area contributed by atoms with Crippen LogP contribution in [0.25, 0.3) is 0 Å². The third-order valence-electron chi connectivity index (χ3n) is 2.22. The summed E-state index contributed by atoms with van der Waals surface area (Å²) >= 11 is 0. The maximum absolute atomic E-state index is 12.3. The van der Waals surface area contributed by atoms with Crippen LogP contribution in [0.2, 0.25) is 0 Å². The molecule has 0 fully saturated rings. The van der Waals surface area contributed by atoms with Gasteiger partial charge in [0.25, 0.3) is 0 Å². The van der Waals surface area contributed by atoms with Crippen molar-refractivity contribution in [2.45, 2.75) is 6.18 Å². The molecule has 1 rings (SSSR count). The monoisotopic (exact) mass is 263 g/mol. The quantitative estimate of drug-likeness (QED) is 0.849. The Morgan fingerprint density at radius 1 is 1.22 bits per heavy atom. The van der Waals surface area contributed by atoms with Crippen molar-refractivity contribution < 1.29 is 28.2 Å². The first-order chi connectivity index (χ1) is 8.33. The van der Waals surface area contributed by atoms with E-state index in [0.717, 1.165) is 4.90 Å². The molecule has 0 aliphatic rings. The molecule has 0 heterocycles. The van der Waals surface area contributed by atoms with Crippen LogP contribution in [0, 0.1) is 0 Å². The van der Waals surface area contributed by atoms with Gasteiger partial charge in [-0.05, 0) is 24.3 Å². The lowest BCUT2D eigenvalue weighted by Crippen LogP contribution is -2.36. The number of nitrogens with zero attached hydrogens (tertiary/aromatic N) is 1. The number of hydrogen-bond donors (Lipinski definition) is 2. The van der Waals surface area contributed by atoms with E-state index in [9.17, 15) is 18.0 Å². The van der Waals surface area contributed by atoms with Gasteiger partial charge in [-0.1, -0.05) is 0 Å². The minimum atomic E-state index is -4.39. The molecule has 0 spiro atoms. The molecule has 7 heteroatoms. The number of carboxylic acid groups (broad SMARTS) is 1. The average molecular weight is 263 g/mol. The highest BCUT2D eigenvalue weighted by molar-refractivity contribution is 5.88. The molecule has 1 aromatic rings. The van der Waals surface area contributed by atoms with Crippen molar-refractivity contribution in [2.75, 3.05) is 24.6 Å². The van der Waals surface area contributed by atoms with Gasteiger partial charge in [-0.2, -0.15) is 13.2 Å². The highest BCUT2D eigenvalue weighted by atomic mass is 19.4. The number of benzene rings is 1. The predicted molar refractivity (Wildman–Crippen MR) is 58.8 cm³/mol. The van der Waals surface area contributed by atoms with Gasteiger partial charge >= 0.3 is 12.1 Å². The molecular formula is C11H12F3NO3. The van der Waals surface area contributed by atoms with Gasteiger partial charge in [-0.3, -0.25) is 0 Å². The summed E-state index contributed by atoms with van der Waals surface area (Å²) in [5, 5.41) is 17.4. The number of aliphatic hydroxyl groups is 1. The summed E-state index contributed by atoms with van der Waals surface area (Å²) in [6.07, 6.45) is -4.39. The number of carbonyl (C=O) groups is 1. The minimum absolute atomic E-state index is 0.00490. The molecule has 0 saturated carbocycles. The van der Waals surface area contributed by atoms with Gasteiger partial charge in [0, 0.05) is 12.2 Å². The standard InChI is InChI=1S/C11H12F3NO3/c12-11(13,14)7-15(5-6-16)9-3-1-8(2-4-9)10(17)18/h1-4,16H,5-7H2,(H,17,18). The number of rotatable bonds is 5. The number of halogens is 3. The van der Waals surface area contributed by atoms with Crippen LogP contribution in [0.3, 0.4) is 0 Å². The molecule has 0 saturated heterocycles. The second kappa shape index (κ2) is 5.72. The molecule has 0 aliphatic heterocycles. The number of alkyl halides is 3. The first-order valence-corrected chi connectivity index (χ1v) is 5.09. The van der Waals surface area contributed by atoms with E-state index in [4.69, 9.17) is 10.2 Å². The topological polar surface area (TPSA) is 60.8 Å². The minimum Gasteiger partial charge on any atom is -0.478 e. The van der Waals surface area contributed by atoms with Crippen LogP contribution >= 0.6 is 0 Å². The van der Waals surface area contributed by atoms with E-state index in [1.54, 1.807) is 0 Å². The Labute approximate surface area is 101 Å². The molecule has 100 valence electrons. The number of aliphatic hydroxyl groups excluding tert-OH is 1. The molecule has 0 unspecified atom stereocenters. The molecule has 0 aromatic heterocycles. The Morgan fingerprint density at radius 3 is 2.17 bits per heavy atom. The number of hydrogen-bond acceptors (Lipinski definition) is 3. The largest absolute Gasteiger partial charge is 0.478 e. The molecule has 4 nitrogen and oxygen atoms in total. The maximum Gasteiger partial charge on any atom is 0.405 e. The highest BCUT2D eigenvalue weighted by Crippen LogP contribution is 2.22. The van der Waals surface area contributed by atoms with Crippen LogP contribution < -0.4 is 4.90 Å². The zero-order valence-corrected chi connectivity index (χ0v) is 9.31. The van der Waals surface area contributed by atoms with Crippen LogP contribution in [0.4, 0.5) is 18.9 Å². The molecule has 0 bridgehead atoms. The summed E-state index contributed by atoms with van der Waals surface area (Å²) in [5.74, 6) is -1.15. The molecule has 0 atom stereocenters. The van der Waals surface area contributed by atoms with E-state index in [1.165, 1.54) is 24.3 Å². The number of aromatic carboxylic acids is 1. The lowest BCUT2D eigenvalue weighted by molar-refractivity contribution is -0.119. The molecule has 0 aliphatic carbocycles. The fourth-order valence-electron chi connectivity index (χ4n) is 1.45. The molecule has 2 N–H and O–H groups in total. The third kappa shape index (κ3) is 4.25. The normalized spacial score (nSPS) is 11.3. The first-order valence-electron chi connectivity index (χ1n) is 5.09. The summed E-state index contributed by atoms with van der Waals surface area (Å²) in [4.78, 5) is 11.5. The van der Waals surface area contributed by atoms with Crippen LogP contribution in [0.5, 0.6) is 0 Å². The Morgan fingerprint density at radius 2 is 1.78 bits per heavy atom. The molecule has 1 aromatic carbocycles. The van der Waals surface area contributed by atoms with Gasteiger partial charge in [-0.15, -0.1) is 0 Å². The van der Waals surface area contributed by atoms with Crippen molar-refractivity contribution in [2.24, 2.45) is 0 Å². The summed E-state index contributed by atoms with van der Waals surface area (Å²) in [5.41, 5.74) is 0.209. The van der Waals surface area contributed by atoms with Crippen molar-refractivity contribution in [3.8, 4) is 0 Å². The average Bonchev–Trinajstić information content (AvgIpc) is 2.27. The Bertz CT molecular complexity index is 403. The van der Waals surface area contributed by atoms with E-state index < -0.39 is 25.3 Å². The van der Waals surface area contributed by atoms with E-state index in [0.29, 0.717) is 0 Å². The zero-order chi connectivity index (χ0) is 13.8. The van der Waals surface area contributed by atoms with Gasteiger partial charge < -0.3 is 15.1 Å². The summed E-state index contributed by atoms with van der Waals surface area (Å²) in [6, 6.07) is 5.01. The second-order valence-electron chi connectivity index (χ2n) is 3.61. The van der Waals surface area contributed by atoms with Crippen molar-refractivity contribution in [1.82, 2.24) is 0 Å². The van der Waals surface area contributed by atoms with Crippen molar-refractivity contribution in [1.29, 1.82) is 0 Å². The van der Waals surface area contributed by atoms with E-state index >= 15 is 0 Å². The lowest BCUT2D eigenvalue weighted by atomic mass is 10.2. The first kappa shape index (κ1) is 14.3. The third-order valence-corrected chi connectivity index (χ3v) is 2.22. The molecular weight excluding hydrogens is 251 g/mol. The smallest absolute Gasteiger partial charge is 0.405 e. The van der Waals surface area contributed by atoms with Crippen molar-refractivity contribution >= 4 is 11.7 Å². The van der Waals surface area contributed by atoms with Gasteiger partial charge in [0.2, 0.25) is 0 Å². The molecule has 0 radical (unpaired) electrons. The maximum atomic E-state index is 12.3. The number of anilines is 1. The zero-order valence-electron chi connectivity index (χ0n) is 9.31. The summed E-state index contributed by atoms with van der Waals surface area (Å²) in [7, 11) is 0. The van der Waals surface area contributed by atoms with Crippen LogP contribution in [0.15, 0.2) is 24.3 Å². The highest BCUT2D eigenvalue weighted by Gasteiger charge is 2.30. The molecule has 0 amide bonds. The second-order valence-corrected chi connectivity index (χ2v) is 3.61. The lowest BCUT2D eigenvalue weighted by Gasteiger charge is -2.25. The Hall–Kier alpha value is -1.76. The summed E-state index contributed by atoms with van der Waals surface area (Å²) < 4.78 is 36.9. The van der Waals surface area contributed by atoms with E-state index in [-0.39, 0.29) is 17.8 Å². The summed E-state index contributed by atoms with van der Waals surface area (Å²) in [6.45, 7) is -1.79. The van der Waals surface area contributed by atoms with Gasteiger partial charge in [0.1, 0.15) is 6.54 Å². The van der Waals surface area contributed by atoms with Crippen LogP contribution in [0.1, 0.15) is 10.4 Å². The fraction of sp³-hybridized carbons (Fsp3) is 0.364. The van der Waals surface area contributed by atoms with E-state index in [2.05, 4.69) is 0 Å². The van der Waals surface area contributed by atoms with Crippen LogP contribution in [-0.4, -0.2) is 42.1 Å². The van der Waals surface area contributed by atoms with Crippen LogP contribution in [-0.2, 0) is 0 Å². The predicted octanol–water partition coefficient (Wildman–Crippen LogP) is 1.75. The fourth-order valence-corrected chi connectivity index (χ4v) is 1.45. The Balaban J connectivity index is 2.88. The van der Waals surface area contributed by atoms with E-state index in [1.807, 2.05) is 0 Å². The van der Waals surface area contributed by atoms with Gasteiger partial charge in [-0.25, -0.2) is 4.79 Å². The molecule has 18 heavy (non-hydrogen) atoms. The van der Waals surface area contributed by atoms with Gasteiger partial charge in [0.05, 0.1) is 12.2 Å². The van der Waals surface area contributed by atoms with Crippen molar-refractivity contribution in [3.63, 3.8) is 0 Å². The van der Waals surface area contributed by atoms with Crippen molar-refractivity contribution in [3.05, 3.63) is 29.8 Å². The van der Waals surface area contributed by atoms with Gasteiger partial charge in [0.15, 0.2) is 0 Å².